The molecular weight excluding hydrogens is 517 g/mol. The fourth-order valence-corrected chi connectivity index (χ4v) is 9.33. The third-order valence-corrected chi connectivity index (χ3v) is 11.6. The number of halogens is 1. The van der Waals surface area contributed by atoms with Crippen LogP contribution in [-0.2, 0) is 4.79 Å². The Morgan fingerprint density at radius 1 is 1.25 bits per heavy atom. The number of piperidine rings is 1. The van der Waals surface area contributed by atoms with Crippen LogP contribution in [0.2, 0.25) is 0 Å². The van der Waals surface area contributed by atoms with Crippen molar-refractivity contribution in [2.45, 2.75) is 83.8 Å². The Bertz CT molecular complexity index is 1180. The number of hydrogen-bond acceptors (Lipinski definition) is 3. The highest BCUT2D eigenvalue weighted by Gasteiger charge is 2.50. The van der Waals surface area contributed by atoms with Crippen molar-refractivity contribution in [2.24, 2.45) is 23.2 Å². The van der Waals surface area contributed by atoms with Gasteiger partial charge in [-0.25, -0.2) is 4.39 Å². The zero-order valence-electron chi connectivity index (χ0n) is 24.9. The van der Waals surface area contributed by atoms with E-state index < -0.39 is 6.17 Å². The topological polar surface area (TPSA) is 27.9 Å². The number of thioether (sulfide) groups is 1. The normalized spacial score (nSPS) is 33.8. The maximum absolute atomic E-state index is 14.7. The van der Waals surface area contributed by atoms with Crippen molar-refractivity contribution in [3.8, 4) is 6.07 Å². The number of hydrogen-bond donors (Lipinski definition) is 0. The van der Waals surface area contributed by atoms with E-state index in [0.29, 0.717) is 30.2 Å². The highest BCUT2D eigenvalue weighted by atomic mass is 32.2. The van der Waals surface area contributed by atoms with E-state index in [9.17, 15) is 9.18 Å². The number of nitrogens with zero attached hydrogens (tertiary/aromatic N) is 3. The predicted molar refractivity (Wildman–Crippen MR) is 166 cm³/mol. The van der Waals surface area contributed by atoms with Crippen LogP contribution >= 0.6 is 11.8 Å². The van der Waals surface area contributed by atoms with Gasteiger partial charge in [-0.05, 0) is 67.9 Å². The molecule has 5 aliphatic rings. The fourth-order valence-electron chi connectivity index (χ4n) is 7.84. The van der Waals surface area contributed by atoms with Crippen molar-refractivity contribution in [2.75, 3.05) is 32.9 Å². The lowest BCUT2D eigenvalue weighted by Gasteiger charge is -2.49. The van der Waals surface area contributed by atoms with E-state index >= 15 is 0 Å². The maximum atomic E-state index is 14.7. The molecule has 5 unspecified atom stereocenters. The van der Waals surface area contributed by atoms with Crippen LogP contribution in [0.25, 0.3) is 4.85 Å². The summed E-state index contributed by atoms with van der Waals surface area (Å²) in [5.41, 5.74) is 3.23. The molecule has 4 nitrogen and oxygen atoms in total. The molecule has 0 aromatic rings. The monoisotopic (exact) mass is 564 g/mol. The molecule has 2 fully saturated rings. The van der Waals surface area contributed by atoms with Crippen LogP contribution in [-0.4, -0.2) is 60.9 Å². The van der Waals surface area contributed by atoms with E-state index in [1.165, 1.54) is 10.5 Å². The fraction of sp³-hybridized carbons (Fsp3) is 0.647. The Labute approximate surface area is 245 Å². The van der Waals surface area contributed by atoms with E-state index in [-0.39, 0.29) is 11.3 Å². The van der Waals surface area contributed by atoms with Crippen molar-refractivity contribution in [3.63, 3.8) is 0 Å². The summed E-state index contributed by atoms with van der Waals surface area (Å²) in [6.07, 6.45) is 20.7. The minimum Gasteiger partial charge on any atom is -0.372 e. The molecule has 0 aromatic heterocycles. The van der Waals surface area contributed by atoms with Crippen molar-refractivity contribution in [1.29, 1.82) is 0 Å². The number of amides is 1. The van der Waals surface area contributed by atoms with E-state index in [0.717, 1.165) is 81.5 Å². The number of alkyl halides is 1. The Kier molecular flexibility index (Phi) is 9.30. The molecule has 6 heteroatoms. The van der Waals surface area contributed by atoms with Crippen molar-refractivity contribution < 1.29 is 9.18 Å². The van der Waals surface area contributed by atoms with Gasteiger partial charge in [-0.15, -0.1) is 11.8 Å². The maximum Gasteiger partial charge on any atom is 0.310 e. The largest absolute Gasteiger partial charge is 0.372 e. The minimum atomic E-state index is -0.908. The van der Waals surface area contributed by atoms with Crippen molar-refractivity contribution in [3.05, 3.63) is 63.0 Å². The van der Waals surface area contributed by atoms with Gasteiger partial charge in [-0.3, -0.25) is 4.79 Å². The summed E-state index contributed by atoms with van der Waals surface area (Å²) >= 11 is 1.99. The molecule has 5 atom stereocenters. The Morgan fingerprint density at radius 3 is 2.77 bits per heavy atom. The second-order valence-electron chi connectivity index (χ2n) is 12.5. The van der Waals surface area contributed by atoms with Gasteiger partial charge in [0.2, 0.25) is 5.91 Å². The second kappa shape index (κ2) is 12.7. The van der Waals surface area contributed by atoms with Crippen LogP contribution in [0.4, 0.5) is 4.39 Å². The summed E-state index contributed by atoms with van der Waals surface area (Å²) in [4.78, 5) is 24.3. The molecule has 0 spiro atoms. The van der Waals surface area contributed by atoms with Gasteiger partial charge in [0.15, 0.2) is 0 Å². The van der Waals surface area contributed by atoms with Crippen LogP contribution < -0.4 is 0 Å². The van der Waals surface area contributed by atoms with Gasteiger partial charge < -0.3 is 9.80 Å². The molecule has 2 saturated heterocycles. The number of allylic oxidation sites excluding steroid dienone is 10. The number of likely N-dealkylation sites (tertiary alicyclic amines) is 2. The molecule has 3 heterocycles. The second-order valence-corrected chi connectivity index (χ2v) is 13.6. The van der Waals surface area contributed by atoms with Crippen molar-refractivity contribution in [1.82, 2.24) is 9.80 Å². The molecule has 2 aliphatic carbocycles. The van der Waals surface area contributed by atoms with Gasteiger partial charge in [0.1, 0.15) is 6.17 Å². The highest BCUT2D eigenvalue weighted by Crippen LogP contribution is 2.55. The molecule has 0 saturated carbocycles. The molecule has 5 rings (SSSR count). The smallest absolute Gasteiger partial charge is 0.310 e. The van der Waals surface area contributed by atoms with Crippen LogP contribution in [0.3, 0.4) is 0 Å². The Hall–Kier alpha value is -2.26. The first-order valence-electron chi connectivity index (χ1n) is 15.5. The van der Waals surface area contributed by atoms with E-state index in [1.807, 2.05) is 37.0 Å². The first-order chi connectivity index (χ1) is 19.4. The minimum absolute atomic E-state index is 0.0377. The molecule has 1 amide bonds. The Balaban J connectivity index is 1.42. The first kappa shape index (κ1) is 29.2. The molecule has 3 aliphatic heterocycles. The first-order valence-corrected chi connectivity index (χ1v) is 16.5. The lowest BCUT2D eigenvalue weighted by molar-refractivity contribution is -0.145. The summed E-state index contributed by atoms with van der Waals surface area (Å²) in [6.45, 7) is 6.27. The molecule has 0 N–H and O–H groups in total. The number of carbonyl (C=O) groups is 1. The average molecular weight is 565 g/mol. The van der Waals surface area contributed by atoms with Crippen LogP contribution in [0.5, 0.6) is 0 Å². The van der Waals surface area contributed by atoms with Crippen LogP contribution in [0, 0.1) is 29.2 Å². The van der Waals surface area contributed by atoms with Crippen LogP contribution in [0.15, 0.2) is 58.2 Å². The lowest BCUT2D eigenvalue weighted by atomic mass is 9.63. The number of rotatable bonds is 5. The average Bonchev–Trinajstić information content (AvgIpc) is 3.47. The van der Waals surface area contributed by atoms with Gasteiger partial charge in [0, 0.05) is 55.4 Å². The summed E-state index contributed by atoms with van der Waals surface area (Å²) in [6, 6.07) is 3.45. The van der Waals surface area contributed by atoms with Gasteiger partial charge in [0.25, 0.3) is 7.05 Å². The summed E-state index contributed by atoms with van der Waals surface area (Å²) in [5.74, 6) is 2.07. The Morgan fingerprint density at radius 2 is 2.05 bits per heavy atom. The molecule has 40 heavy (non-hydrogen) atoms. The molecule has 0 aromatic carbocycles. The standard InChI is InChI=1S/C34H47FN3OS/c1-5-28-12-9-17-34(2,31-21-27(23-40-31)26-11-8-10-24(20-26)22-36-3)32(33(39)37(28)4)25-15-18-38(19-16-25)30-14-7-6-13-29(30)35/h6-7,10,14,20-21,25,27-29,32H,5,8-9,11-13,15-19,23H2,1-4H3/q+1. The van der Waals surface area contributed by atoms with E-state index in [2.05, 4.69) is 52.8 Å². The SMILES string of the molecule is CCC1CCCC(C)(C2=CC(C3=CC(C#[N+]C)=CCC3)CS2)C(C2CCN(C3=CC=CCC3F)CC2)C(=O)N1C. The van der Waals surface area contributed by atoms with E-state index in [4.69, 9.17) is 0 Å². The zero-order valence-corrected chi connectivity index (χ0v) is 25.7. The predicted octanol–water partition coefficient (Wildman–Crippen LogP) is 7.78. The molecular formula is C34H47FN3OS+. The van der Waals surface area contributed by atoms with Gasteiger partial charge in [-0.1, -0.05) is 55.0 Å². The van der Waals surface area contributed by atoms with Gasteiger partial charge in [0.05, 0.1) is 11.5 Å². The lowest BCUT2D eigenvalue weighted by Crippen LogP contribution is -2.52. The van der Waals surface area contributed by atoms with Gasteiger partial charge >= 0.3 is 6.07 Å². The summed E-state index contributed by atoms with van der Waals surface area (Å²) in [7, 11) is 3.82. The van der Waals surface area contributed by atoms with Gasteiger partial charge in [-0.2, -0.15) is 0 Å². The number of carbonyl (C=O) groups excluding carboxylic acids is 1. The zero-order chi connectivity index (χ0) is 28.3. The molecule has 0 bridgehead atoms. The quantitative estimate of drug-likeness (QED) is 0.341. The van der Waals surface area contributed by atoms with E-state index in [1.54, 1.807) is 7.05 Å². The van der Waals surface area contributed by atoms with Crippen molar-refractivity contribution >= 4 is 17.7 Å². The summed E-state index contributed by atoms with van der Waals surface area (Å²) < 4.78 is 14.7. The highest BCUT2D eigenvalue weighted by molar-refractivity contribution is 8.03. The summed E-state index contributed by atoms with van der Waals surface area (Å²) in [5, 5.41) is 0. The third-order valence-electron chi connectivity index (χ3n) is 10.2. The molecule has 0 radical (unpaired) electrons. The van der Waals surface area contributed by atoms with Crippen LogP contribution in [0.1, 0.15) is 71.6 Å². The third kappa shape index (κ3) is 5.87. The molecule has 216 valence electrons.